The zero-order chi connectivity index (χ0) is 25.2. The van der Waals surface area contributed by atoms with Crippen LogP contribution in [0.1, 0.15) is 20.8 Å². The molecular weight excluding hydrogens is 451 g/mol. The molecule has 35 heavy (non-hydrogen) atoms. The standard InChI is InChI=1S/C25H23FN6O3/c1-5-22(33)29-18-7-6-8-19(14-18)31(26)21-11-12-27-23(30-21)16-9-10-20-17(13-16)15-28-32(20)24(34)35-25(2,3)4/h5-15H,1H2,2-4H3,(H,29,33). The molecule has 4 rings (SSSR count). The number of nitrogens with one attached hydrogen (secondary N) is 1. The number of aromatic nitrogens is 4. The molecule has 0 aliphatic heterocycles. The third-order valence-electron chi connectivity index (χ3n) is 4.76. The molecule has 0 fully saturated rings. The average molecular weight is 474 g/mol. The number of amides is 1. The van der Waals surface area contributed by atoms with Gasteiger partial charge in [0.1, 0.15) is 5.60 Å². The molecule has 0 saturated heterocycles. The highest BCUT2D eigenvalue weighted by Gasteiger charge is 2.20. The molecule has 4 aromatic rings. The Hall–Kier alpha value is -4.60. The molecule has 0 bridgehead atoms. The Morgan fingerprint density at radius 2 is 1.97 bits per heavy atom. The van der Waals surface area contributed by atoms with Gasteiger partial charge in [-0.25, -0.2) is 14.8 Å². The van der Waals surface area contributed by atoms with Crippen LogP contribution in [0.3, 0.4) is 0 Å². The first-order chi connectivity index (χ1) is 16.6. The van der Waals surface area contributed by atoms with Crippen molar-refractivity contribution >= 4 is 40.1 Å². The molecule has 0 saturated carbocycles. The molecule has 10 heteroatoms. The molecule has 9 nitrogen and oxygen atoms in total. The largest absolute Gasteiger partial charge is 0.442 e. The summed E-state index contributed by atoms with van der Waals surface area (Å²) in [6, 6.07) is 12.9. The minimum absolute atomic E-state index is 0.00624. The van der Waals surface area contributed by atoms with E-state index in [1.165, 1.54) is 29.2 Å². The molecular formula is C25H23FN6O3. The summed E-state index contributed by atoms with van der Waals surface area (Å²) >= 11 is 0. The molecule has 0 aliphatic carbocycles. The van der Waals surface area contributed by atoms with Gasteiger partial charge in [0.2, 0.25) is 5.91 Å². The lowest BCUT2D eigenvalue weighted by Crippen LogP contribution is -2.27. The van der Waals surface area contributed by atoms with Crippen molar-refractivity contribution in [3.8, 4) is 11.4 Å². The van der Waals surface area contributed by atoms with Crippen LogP contribution < -0.4 is 10.4 Å². The van der Waals surface area contributed by atoms with Crippen LogP contribution in [0.4, 0.5) is 26.5 Å². The van der Waals surface area contributed by atoms with Gasteiger partial charge in [-0.15, -0.1) is 0 Å². The van der Waals surface area contributed by atoms with E-state index in [4.69, 9.17) is 4.74 Å². The number of carbonyl (C=O) groups is 2. The summed E-state index contributed by atoms with van der Waals surface area (Å²) in [7, 11) is 0. The second-order valence-electron chi connectivity index (χ2n) is 8.57. The predicted molar refractivity (Wildman–Crippen MR) is 131 cm³/mol. The number of ether oxygens (including phenoxy) is 1. The SMILES string of the molecule is C=CC(=O)Nc1cccc(N(F)c2ccnc(-c3ccc4c(cnn4C(=O)OC(C)(C)C)c3)n2)c1. The maximum absolute atomic E-state index is 15.2. The second kappa shape index (κ2) is 9.34. The minimum Gasteiger partial charge on any atom is -0.442 e. The third kappa shape index (κ3) is 5.32. The lowest BCUT2D eigenvalue weighted by molar-refractivity contribution is -0.111. The molecule has 0 spiro atoms. The third-order valence-corrected chi connectivity index (χ3v) is 4.76. The van der Waals surface area contributed by atoms with Gasteiger partial charge < -0.3 is 10.1 Å². The first-order valence-corrected chi connectivity index (χ1v) is 10.7. The van der Waals surface area contributed by atoms with Crippen molar-refractivity contribution in [2.24, 2.45) is 0 Å². The molecule has 0 aliphatic rings. The van der Waals surface area contributed by atoms with Crippen LogP contribution in [0.25, 0.3) is 22.3 Å². The van der Waals surface area contributed by atoms with E-state index >= 15 is 4.48 Å². The van der Waals surface area contributed by atoms with E-state index in [1.54, 1.807) is 57.2 Å². The lowest BCUT2D eigenvalue weighted by atomic mass is 10.1. The summed E-state index contributed by atoms with van der Waals surface area (Å²) in [4.78, 5) is 32.6. The molecule has 1 amide bonds. The highest BCUT2D eigenvalue weighted by Crippen LogP contribution is 2.29. The topological polar surface area (TPSA) is 102 Å². The van der Waals surface area contributed by atoms with Gasteiger partial charge in [-0.2, -0.15) is 14.9 Å². The summed E-state index contributed by atoms with van der Waals surface area (Å²) in [6.45, 7) is 8.74. The van der Waals surface area contributed by atoms with E-state index in [-0.39, 0.29) is 17.3 Å². The average Bonchev–Trinajstić information content (AvgIpc) is 3.26. The number of carbonyl (C=O) groups excluding carboxylic acids is 2. The first-order valence-electron chi connectivity index (χ1n) is 10.7. The van der Waals surface area contributed by atoms with E-state index in [9.17, 15) is 9.59 Å². The van der Waals surface area contributed by atoms with Crippen molar-refractivity contribution in [3.05, 3.63) is 73.6 Å². The minimum atomic E-state index is -0.654. The van der Waals surface area contributed by atoms with Crippen LogP contribution in [0.5, 0.6) is 0 Å². The second-order valence-corrected chi connectivity index (χ2v) is 8.57. The summed E-state index contributed by atoms with van der Waals surface area (Å²) in [6.07, 6.45) is 3.53. The van der Waals surface area contributed by atoms with Crippen LogP contribution >= 0.6 is 0 Å². The number of anilines is 3. The molecule has 0 radical (unpaired) electrons. The molecule has 0 atom stereocenters. The maximum Gasteiger partial charge on any atom is 0.435 e. The van der Waals surface area contributed by atoms with Crippen LogP contribution in [-0.2, 0) is 9.53 Å². The molecule has 2 aromatic heterocycles. The molecule has 2 aromatic carbocycles. The maximum atomic E-state index is 15.2. The van der Waals surface area contributed by atoms with Crippen molar-refractivity contribution in [2.45, 2.75) is 26.4 Å². The summed E-state index contributed by atoms with van der Waals surface area (Å²) < 4.78 is 21.8. The fraction of sp³-hybridized carbons (Fsp3) is 0.160. The van der Waals surface area contributed by atoms with E-state index in [0.717, 1.165) is 6.08 Å². The lowest BCUT2D eigenvalue weighted by Gasteiger charge is -2.19. The van der Waals surface area contributed by atoms with Gasteiger partial charge in [0.05, 0.1) is 17.4 Å². The van der Waals surface area contributed by atoms with Crippen molar-refractivity contribution in [2.75, 3.05) is 10.4 Å². The van der Waals surface area contributed by atoms with Gasteiger partial charge >= 0.3 is 6.09 Å². The Labute approximate surface area is 200 Å². The smallest absolute Gasteiger partial charge is 0.435 e. The summed E-state index contributed by atoms with van der Waals surface area (Å²) in [5.74, 6) is -0.109. The van der Waals surface area contributed by atoms with Gasteiger partial charge in [0, 0.05) is 28.9 Å². The Morgan fingerprint density at radius 3 is 2.71 bits per heavy atom. The highest BCUT2D eigenvalue weighted by molar-refractivity contribution is 5.99. The van der Waals surface area contributed by atoms with Gasteiger partial charge in [-0.3, -0.25) is 4.79 Å². The fourth-order valence-electron chi connectivity index (χ4n) is 3.25. The highest BCUT2D eigenvalue weighted by atomic mass is 19.2. The molecule has 2 heterocycles. The molecule has 178 valence electrons. The predicted octanol–water partition coefficient (Wildman–Crippen LogP) is 5.42. The van der Waals surface area contributed by atoms with Gasteiger partial charge in [0.25, 0.3) is 0 Å². The first kappa shape index (κ1) is 23.6. The summed E-state index contributed by atoms with van der Waals surface area (Å²) in [5, 5.41) is 7.79. The number of hydrogen-bond donors (Lipinski definition) is 1. The van der Waals surface area contributed by atoms with Crippen molar-refractivity contribution in [3.63, 3.8) is 0 Å². The Bertz CT molecular complexity index is 1430. The van der Waals surface area contributed by atoms with Crippen LogP contribution in [0, 0.1) is 0 Å². The van der Waals surface area contributed by atoms with Crippen molar-refractivity contribution in [1.82, 2.24) is 19.7 Å². The zero-order valence-corrected chi connectivity index (χ0v) is 19.4. The van der Waals surface area contributed by atoms with Crippen LogP contribution in [-0.4, -0.2) is 37.3 Å². The Balaban J connectivity index is 1.61. The van der Waals surface area contributed by atoms with Crippen LogP contribution in [0.2, 0.25) is 0 Å². The number of halogens is 1. The Kier molecular flexibility index (Phi) is 6.28. The van der Waals surface area contributed by atoms with Crippen molar-refractivity contribution in [1.29, 1.82) is 0 Å². The monoisotopic (exact) mass is 474 g/mol. The van der Waals surface area contributed by atoms with E-state index in [0.29, 0.717) is 27.3 Å². The number of benzene rings is 2. The van der Waals surface area contributed by atoms with Crippen LogP contribution in [0.15, 0.2) is 73.6 Å². The quantitative estimate of drug-likeness (QED) is 0.304. The van der Waals surface area contributed by atoms with E-state index < -0.39 is 17.6 Å². The number of rotatable bonds is 5. The zero-order valence-electron chi connectivity index (χ0n) is 19.4. The summed E-state index contributed by atoms with van der Waals surface area (Å²) in [5.41, 5.74) is 1.11. The Morgan fingerprint density at radius 1 is 1.17 bits per heavy atom. The van der Waals surface area contributed by atoms with Gasteiger partial charge in [-0.1, -0.05) is 17.1 Å². The normalized spacial score (nSPS) is 11.2. The number of hydrogen-bond acceptors (Lipinski definition) is 7. The fourth-order valence-corrected chi connectivity index (χ4v) is 3.25. The molecule has 0 unspecified atom stereocenters. The number of fused-ring (bicyclic) bond motifs is 1. The van der Waals surface area contributed by atoms with E-state index in [2.05, 4.69) is 27.0 Å². The molecule has 1 N–H and O–H groups in total. The van der Waals surface area contributed by atoms with Crippen molar-refractivity contribution < 1.29 is 18.8 Å². The van der Waals surface area contributed by atoms with E-state index in [1.807, 2.05) is 0 Å². The van der Waals surface area contributed by atoms with Gasteiger partial charge in [0.15, 0.2) is 11.6 Å². The van der Waals surface area contributed by atoms with Gasteiger partial charge in [-0.05, 0) is 63.2 Å². The number of nitrogens with zero attached hydrogens (tertiary/aromatic N) is 5.